The number of methoxy groups -OCH3 is 1. The van der Waals surface area contributed by atoms with E-state index in [4.69, 9.17) is 9.47 Å². The number of alkyl carbamates (subject to hydrolysis) is 1. The molecule has 0 unspecified atom stereocenters. The van der Waals surface area contributed by atoms with Gasteiger partial charge in [-0.1, -0.05) is 13.8 Å². The largest absolute Gasteiger partial charge is 0.467 e. The second-order valence-corrected chi connectivity index (χ2v) is 9.82. The third kappa shape index (κ3) is 6.88. The molecule has 0 bridgehead atoms. The molecule has 9 nitrogen and oxygen atoms in total. The van der Waals surface area contributed by atoms with Crippen LogP contribution in [0, 0.1) is 11.8 Å². The van der Waals surface area contributed by atoms with Gasteiger partial charge < -0.3 is 25.4 Å². The molecule has 3 amide bonds. The van der Waals surface area contributed by atoms with Gasteiger partial charge in [-0.05, 0) is 58.8 Å². The van der Waals surface area contributed by atoms with Crippen LogP contribution in [0.1, 0.15) is 66.7 Å². The molecule has 170 valence electrons. The average Bonchev–Trinajstić information content (AvgIpc) is 3.27. The Bertz CT molecular complexity index is 681. The third-order valence-electron chi connectivity index (χ3n) is 5.29. The number of carbonyl (C=O) groups excluding carboxylic acids is 4. The highest BCUT2D eigenvalue weighted by molar-refractivity contribution is 5.90. The van der Waals surface area contributed by atoms with Gasteiger partial charge in [-0.15, -0.1) is 0 Å². The summed E-state index contributed by atoms with van der Waals surface area (Å²) in [7, 11) is 1.24. The van der Waals surface area contributed by atoms with Crippen molar-refractivity contribution >= 4 is 23.9 Å². The second-order valence-electron chi connectivity index (χ2n) is 9.82. The molecule has 0 radical (unpaired) electrons. The van der Waals surface area contributed by atoms with E-state index in [1.54, 1.807) is 20.8 Å². The number of hydrogen-bond acceptors (Lipinski definition) is 6. The minimum atomic E-state index is -0.970. The van der Waals surface area contributed by atoms with Crippen LogP contribution < -0.4 is 16.0 Å². The van der Waals surface area contributed by atoms with Gasteiger partial charge >= 0.3 is 12.1 Å². The molecule has 0 aromatic rings. The second kappa shape index (κ2) is 9.22. The van der Waals surface area contributed by atoms with Crippen LogP contribution in [0.4, 0.5) is 4.79 Å². The lowest BCUT2D eigenvalue weighted by Crippen LogP contribution is -2.53. The molecule has 30 heavy (non-hydrogen) atoms. The van der Waals surface area contributed by atoms with Gasteiger partial charge in [0.2, 0.25) is 11.8 Å². The number of esters is 1. The van der Waals surface area contributed by atoms with Gasteiger partial charge in [-0.25, -0.2) is 9.59 Å². The lowest BCUT2D eigenvalue weighted by molar-refractivity contribution is -0.146. The Morgan fingerprint density at radius 3 is 2.27 bits per heavy atom. The van der Waals surface area contributed by atoms with E-state index in [9.17, 15) is 19.2 Å². The molecular weight excluding hydrogens is 390 g/mol. The van der Waals surface area contributed by atoms with Gasteiger partial charge in [0.15, 0.2) is 0 Å². The number of amides is 3. The summed E-state index contributed by atoms with van der Waals surface area (Å²) in [5.74, 6) is -1.47. The standard InChI is InChI=1S/C21H35N3O6/c1-12(2)9-14(23-19(28)30-20(3,4)5)17(26)22-15(18(27)29-6)10-13-11-21(7-8-21)24-16(13)25/h12-15H,7-11H2,1-6H3,(H,22,26)(H,23,28)(H,24,25)/t13-,14+,15+/m1/s1. The van der Waals surface area contributed by atoms with Crippen molar-refractivity contribution in [2.75, 3.05) is 7.11 Å². The summed E-state index contributed by atoms with van der Waals surface area (Å²) in [6.07, 6.45) is 2.37. The number of hydrogen-bond donors (Lipinski definition) is 3. The molecule has 1 saturated heterocycles. The Morgan fingerprint density at radius 2 is 1.80 bits per heavy atom. The molecule has 3 N–H and O–H groups in total. The number of ether oxygens (including phenoxy) is 2. The molecule has 3 atom stereocenters. The van der Waals surface area contributed by atoms with E-state index >= 15 is 0 Å². The summed E-state index contributed by atoms with van der Waals surface area (Å²) in [5.41, 5.74) is -0.822. The predicted molar refractivity (Wildman–Crippen MR) is 109 cm³/mol. The minimum absolute atomic E-state index is 0.0961. The predicted octanol–water partition coefficient (Wildman–Crippen LogP) is 1.64. The van der Waals surface area contributed by atoms with E-state index < -0.39 is 35.7 Å². The van der Waals surface area contributed by atoms with Crippen LogP contribution in [0.15, 0.2) is 0 Å². The molecule has 2 rings (SSSR count). The Morgan fingerprint density at radius 1 is 1.17 bits per heavy atom. The van der Waals surface area contributed by atoms with E-state index in [0.717, 1.165) is 12.8 Å². The number of nitrogens with one attached hydrogen (secondary N) is 3. The van der Waals surface area contributed by atoms with Crippen molar-refractivity contribution in [3.8, 4) is 0 Å². The Balaban J connectivity index is 2.05. The Labute approximate surface area is 178 Å². The first-order valence-electron chi connectivity index (χ1n) is 10.5. The lowest BCUT2D eigenvalue weighted by atomic mass is 9.95. The summed E-state index contributed by atoms with van der Waals surface area (Å²) in [6, 6.07) is -1.85. The Kier molecular flexibility index (Phi) is 7.36. The molecule has 1 spiro atoms. The van der Waals surface area contributed by atoms with Crippen LogP contribution >= 0.6 is 0 Å². The van der Waals surface area contributed by atoms with Crippen LogP contribution in [0.5, 0.6) is 0 Å². The highest BCUT2D eigenvalue weighted by Crippen LogP contribution is 2.46. The van der Waals surface area contributed by atoms with Crippen LogP contribution in [0.25, 0.3) is 0 Å². The number of rotatable bonds is 8. The third-order valence-corrected chi connectivity index (χ3v) is 5.29. The van der Waals surface area contributed by atoms with Crippen LogP contribution in [-0.2, 0) is 23.9 Å². The van der Waals surface area contributed by atoms with Gasteiger partial charge in [0, 0.05) is 11.5 Å². The zero-order chi connectivity index (χ0) is 22.7. The van der Waals surface area contributed by atoms with E-state index in [1.807, 2.05) is 13.8 Å². The minimum Gasteiger partial charge on any atom is -0.467 e. The van der Waals surface area contributed by atoms with E-state index in [2.05, 4.69) is 16.0 Å². The van der Waals surface area contributed by atoms with Crippen LogP contribution in [-0.4, -0.2) is 54.2 Å². The zero-order valence-corrected chi connectivity index (χ0v) is 18.8. The van der Waals surface area contributed by atoms with Gasteiger partial charge in [-0.3, -0.25) is 9.59 Å². The SMILES string of the molecule is COC(=O)[C@H](C[C@@H]1CC2(CC2)NC1=O)NC(=O)[C@H](CC(C)C)NC(=O)OC(C)(C)C. The van der Waals surface area contributed by atoms with E-state index in [-0.39, 0.29) is 29.7 Å². The van der Waals surface area contributed by atoms with Gasteiger partial charge in [0.05, 0.1) is 7.11 Å². The first kappa shape index (κ1) is 24.0. The first-order valence-corrected chi connectivity index (χ1v) is 10.5. The van der Waals surface area contributed by atoms with Crippen molar-refractivity contribution in [2.24, 2.45) is 11.8 Å². The highest BCUT2D eigenvalue weighted by Gasteiger charge is 2.53. The highest BCUT2D eigenvalue weighted by atomic mass is 16.6. The zero-order valence-electron chi connectivity index (χ0n) is 18.8. The summed E-state index contributed by atoms with van der Waals surface area (Å²) >= 11 is 0. The maximum Gasteiger partial charge on any atom is 0.408 e. The molecule has 0 aromatic heterocycles. The summed E-state index contributed by atoms with van der Waals surface area (Å²) in [4.78, 5) is 49.7. The molecule has 1 aliphatic heterocycles. The molecule has 2 aliphatic rings. The fourth-order valence-electron chi connectivity index (χ4n) is 3.72. The fourth-order valence-corrected chi connectivity index (χ4v) is 3.72. The van der Waals surface area contributed by atoms with Crippen LogP contribution in [0.2, 0.25) is 0 Å². The normalized spacial score (nSPS) is 21.6. The van der Waals surface area contributed by atoms with Gasteiger partial charge in [0.1, 0.15) is 17.7 Å². The van der Waals surface area contributed by atoms with Crippen molar-refractivity contribution in [2.45, 2.75) is 89.9 Å². The molecule has 1 heterocycles. The van der Waals surface area contributed by atoms with Crippen molar-refractivity contribution in [1.82, 2.24) is 16.0 Å². The maximum absolute atomic E-state index is 12.9. The Hall–Kier alpha value is -2.32. The molecule has 9 heteroatoms. The molecule has 1 saturated carbocycles. The monoisotopic (exact) mass is 425 g/mol. The summed E-state index contributed by atoms with van der Waals surface area (Å²) < 4.78 is 10.1. The van der Waals surface area contributed by atoms with Crippen molar-refractivity contribution in [1.29, 1.82) is 0 Å². The topological polar surface area (TPSA) is 123 Å². The molecular formula is C21H35N3O6. The average molecular weight is 426 g/mol. The maximum atomic E-state index is 12.9. The number of carbonyl (C=O) groups is 4. The smallest absolute Gasteiger partial charge is 0.408 e. The lowest BCUT2D eigenvalue weighted by Gasteiger charge is -2.26. The van der Waals surface area contributed by atoms with Gasteiger partial charge in [-0.2, -0.15) is 0 Å². The van der Waals surface area contributed by atoms with Gasteiger partial charge in [0.25, 0.3) is 0 Å². The first-order chi connectivity index (χ1) is 13.8. The van der Waals surface area contributed by atoms with Crippen molar-refractivity contribution in [3.05, 3.63) is 0 Å². The molecule has 0 aromatic carbocycles. The quantitative estimate of drug-likeness (QED) is 0.508. The van der Waals surface area contributed by atoms with E-state index in [1.165, 1.54) is 7.11 Å². The summed E-state index contributed by atoms with van der Waals surface area (Å²) in [6.45, 7) is 9.05. The van der Waals surface area contributed by atoms with Crippen LogP contribution in [0.3, 0.4) is 0 Å². The van der Waals surface area contributed by atoms with Crippen molar-refractivity contribution < 1.29 is 28.7 Å². The molecule has 2 fully saturated rings. The van der Waals surface area contributed by atoms with Crippen molar-refractivity contribution in [3.63, 3.8) is 0 Å². The van der Waals surface area contributed by atoms with E-state index in [0.29, 0.717) is 12.8 Å². The fraction of sp³-hybridized carbons (Fsp3) is 0.810. The molecule has 1 aliphatic carbocycles. The summed E-state index contributed by atoms with van der Waals surface area (Å²) in [5, 5.41) is 8.25.